The van der Waals surface area contributed by atoms with Crippen LogP contribution in [0.3, 0.4) is 0 Å². The van der Waals surface area contributed by atoms with Crippen LogP contribution in [0, 0.1) is 6.92 Å². The first kappa shape index (κ1) is 22.4. The molecule has 1 unspecified atom stereocenters. The number of hydrogen-bond donors (Lipinski definition) is 2. The Bertz CT molecular complexity index is 831. The van der Waals surface area contributed by atoms with Gasteiger partial charge in [-0.3, -0.25) is 0 Å². The van der Waals surface area contributed by atoms with Gasteiger partial charge < -0.3 is 19.9 Å². The molecule has 1 atom stereocenters. The minimum atomic E-state index is -0.0136. The van der Waals surface area contributed by atoms with Crippen LogP contribution < -0.4 is 15.4 Å². The molecular weight excluding hydrogens is 400 g/mol. The average Bonchev–Trinajstić information content (AvgIpc) is 3.08. The lowest BCUT2D eigenvalue weighted by molar-refractivity contribution is 0.199. The molecule has 0 amide bonds. The van der Waals surface area contributed by atoms with E-state index in [1.165, 1.54) is 32.1 Å². The Morgan fingerprint density at radius 2 is 2.03 bits per heavy atom. The topological polar surface area (TPSA) is 76.4 Å². The minimum absolute atomic E-state index is 0.0136. The molecule has 1 aliphatic rings. The lowest BCUT2D eigenvalue weighted by Crippen LogP contribution is -2.47. The second kappa shape index (κ2) is 11.2. The van der Waals surface area contributed by atoms with Gasteiger partial charge in [-0.15, -0.1) is 10.2 Å². The molecule has 30 heavy (non-hydrogen) atoms. The number of aryl methyl sites for hydroxylation is 1. The van der Waals surface area contributed by atoms with Crippen LogP contribution in [0.1, 0.15) is 57.1 Å². The zero-order valence-corrected chi connectivity index (χ0v) is 19.0. The molecule has 1 saturated carbocycles. The fourth-order valence-corrected chi connectivity index (χ4v) is 3.71. The molecule has 1 aliphatic carbocycles. The highest BCUT2D eigenvalue weighted by Gasteiger charge is 2.17. The van der Waals surface area contributed by atoms with E-state index < -0.39 is 0 Å². The third-order valence-corrected chi connectivity index (χ3v) is 5.90. The van der Waals surface area contributed by atoms with Crippen molar-refractivity contribution in [3.05, 3.63) is 40.9 Å². The molecule has 1 aromatic carbocycles. The minimum Gasteiger partial charge on any atom is -0.487 e. The smallest absolute Gasteiger partial charge is 0.192 e. The highest BCUT2D eigenvalue weighted by atomic mass is 35.5. The molecule has 3 rings (SSSR count). The standard InChI is InChI=1S/C22H33ClN6O/c1-4-18(30-20-13-9-8-12-19(20)23)14-24-22(26-17-10-6-5-7-11-17)25-15-21-28-27-16(2)29(21)3/h8-9,12-13,17-18H,4-7,10-11,14-15H2,1-3H3,(H2,24,25,26). The summed E-state index contributed by atoms with van der Waals surface area (Å²) < 4.78 is 8.09. The van der Waals surface area contributed by atoms with E-state index >= 15 is 0 Å². The molecule has 0 bridgehead atoms. The second-order valence-corrected chi connectivity index (χ2v) is 8.23. The zero-order valence-electron chi connectivity index (χ0n) is 18.2. The van der Waals surface area contributed by atoms with Crippen molar-refractivity contribution in [3.63, 3.8) is 0 Å². The molecule has 7 nitrogen and oxygen atoms in total. The molecule has 1 heterocycles. The largest absolute Gasteiger partial charge is 0.487 e. The first-order valence-electron chi connectivity index (χ1n) is 10.9. The highest BCUT2D eigenvalue weighted by molar-refractivity contribution is 6.32. The number of benzene rings is 1. The SMILES string of the molecule is CCC(CNC(=NCc1nnc(C)n1C)NC1CCCCC1)Oc1ccccc1Cl. The number of aromatic nitrogens is 3. The number of nitrogens with zero attached hydrogens (tertiary/aromatic N) is 4. The Morgan fingerprint density at radius 1 is 1.27 bits per heavy atom. The van der Waals surface area contributed by atoms with Crippen molar-refractivity contribution in [2.24, 2.45) is 12.0 Å². The third kappa shape index (κ3) is 6.36. The van der Waals surface area contributed by atoms with Gasteiger partial charge in [0.1, 0.15) is 24.2 Å². The monoisotopic (exact) mass is 432 g/mol. The summed E-state index contributed by atoms with van der Waals surface area (Å²) >= 11 is 6.25. The summed E-state index contributed by atoms with van der Waals surface area (Å²) in [7, 11) is 1.96. The molecule has 164 valence electrons. The van der Waals surface area contributed by atoms with Crippen molar-refractivity contribution in [1.29, 1.82) is 0 Å². The van der Waals surface area contributed by atoms with Crippen molar-refractivity contribution < 1.29 is 4.74 Å². The third-order valence-electron chi connectivity index (χ3n) is 5.59. The number of ether oxygens (including phenoxy) is 1. The summed E-state index contributed by atoms with van der Waals surface area (Å²) in [6, 6.07) is 8.04. The van der Waals surface area contributed by atoms with Crippen LogP contribution in [0.15, 0.2) is 29.3 Å². The summed E-state index contributed by atoms with van der Waals surface area (Å²) in [6.07, 6.45) is 7.05. The number of nitrogens with one attached hydrogen (secondary N) is 2. The molecule has 0 radical (unpaired) electrons. The van der Waals surface area contributed by atoms with Gasteiger partial charge >= 0.3 is 0 Å². The van der Waals surface area contributed by atoms with E-state index in [2.05, 4.69) is 27.8 Å². The Hall–Kier alpha value is -2.28. The van der Waals surface area contributed by atoms with Crippen molar-refractivity contribution >= 4 is 17.6 Å². The Balaban J connectivity index is 1.64. The number of aliphatic imine (C=N–C) groups is 1. The predicted molar refractivity (Wildman–Crippen MR) is 121 cm³/mol. The molecular formula is C22H33ClN6O. The van der Waals surface area contributed by atoms with Crippen molar-refractivity contribution in [3.8, 4) is 5.75 Å². The van der Waals surface area contributed by atoms with Crippen LogP contribution >= 0.6 is 11.6 Å². The molecule has 2 aromatic rings. The number of guanidine groups is 1. The predicted octanol–water partition coefficient (Wildman–Crippen LogP) is 4.00. The first-order valence-corrected chi connectivity index (χ1v) is 11.3. The lowest BCUT2D eigenvalue weighted by Gasteiger charge is -2.26. The van der Waals surface area contributed by atoms with Crippen LogP contribution in [0.2, 0.25) is 5.02 Å². The van der Waals surface area contributed by atoms with Crippen molar-refractivity contribution in [2.45, 2.75) is 71.1 Å². The normalized spacial score (nSPS) is 16.3. The molecule has 2 N–H and O–H groups in total. The van der Waals surface area contributed by atoms with Crippen LogP contribution in [0.5, 0.6) is 5.75 Å². The van der Waals surface area contributed by atoms with Gasteiger partial charge in [-0.2, -0.15) is 0 Å². The Labute approximate surface area is 184 Å². The van der Waals surface area contributed by atoms with E-state index in [1.807, 2.05) is 42.8 Å². The van der Waals surface area contributed by atoms with Crippen LogP contribution in [-0.2, 0) is 13.6 Å². The summed E-state index contributed by atoms with van der Waals surface area (Å²) in [6.45, 7) is 5.16. The van der Waals surface area contributed by atoms with Crippen LogP contribution in [-0.4, -0.2) is 39.4 Å². The number of para-hydroxylation sites is 1. The van der Waals surface area contributed by atoms with Crippen molar-refractivity contribution in [2.75, 3.05) is 6.54 Å². The van der Waals surface area contributed by atoms with Gasteiger partial charge in [0.15, 0.2) is 11.8 Å². The van der Waals surface area contributed by atoms with E-state index in [0.717, 1.165) is 24.0 Å². The maximum atomic E-state index is 6.25. The van der Waals surface area contributed by atoms with E-state index in [9.17, 15) is 0 Å². The van der Waals surface area contributed by atoms with Gasteiger partial charge in [0.25, 0.3) is 0 Å². The zero-order chi connectivity index (χ0) is 21.3. The summed E-state index contributed by atoms with van der Waals surface area (Å²) in [5.41, 5.74) is 0. The van der Waals surface area contributed by atoms with Crippen LogP contribution in [0.4, 0.5) is 0 Å². The van der Waals surface area contributed by atoms with Crippen LogP contribution in [0.25, 0.3) is 0 Å². The summed E-state index contributed by atoms with van der Waals surface area (Å²) in [4.78, 5) is 4.78. The molecule has 8 heteroatoms. The highest BCUT2D eigenvalue weighted by Crippen LogP contribution is 2.24. The lowest BCUT2D eigenvalue weighted by atomic mass is 9.96. The number of halogens is 1. The fraction of sp³-hybridized carbons (Fsp3) is 0.591. The first-order chi connectivity index (χ1) is 14.6. The van der Waals surface area contributed by atoms with E-state index in [4.69, 9.17) is 21.3 Å². The van der Waals surface area contributed by atoms with Gasteiger partial charge in [-0.1, -0.05) is 49.9 Å². The maximum Gasteiger partial charge on any atom is 0.192 e. The average molecular weight is 433 g/mol. The molecule has 1 aromatic heterocycles. The summed E-state index contributed by atoms with van der Waals surface area (Å²) in [5.74, 6) is 3.23. The second-order valence-electron chi connectivity index (χ2n) is 7.83. The van der Waals surface area contributed by atoms with E-state index in [-0.39, 0.29) is 6.10 Å². The molecule has 0 spiro atoms. The van der Waals surface area contributed by atoms with Gasteiger partial charge in [0, 0.05) is 13.1 Å². The quantitative estimate of drug-likeness (QED) is 0.487. The fourth-order valence-electron chi connectivity index (χ4n) is 3.53. The molecule has 1 fully saturated rings. The van der Waals surface area contributed by atoms with E-state index in [0.29, 0.717) is 29.9 Å². The summed E-state index contributed by atoms with van der Waals surface area (Å²) in [5, 5.41) is 16.0. The molecule has 0 saturated heterocycles. The van der Waals surface area contributed by atoms with E-state index in [1.54, 1.807) is 0 Å². The number of hydrogen-bond acceptors (Lipinski definition) is 4. The van der Waals surface area contributed by atoms with Gasteiger partial charge in [0.2, 0.25) is 0 Å². The Kier molecular flexibility index (Phi) is 8.37. The van der Waals surface area contributed by atoms with Gasteiger partial charge in [0.05, 0.1) is 11.6 Å². The van der Waals surface area contributed by atoms with Crippen molar-refractivity contribution in [1.82, 2.24) is 25.4 Å². The number of rotatable bonds is 8. The Morgan fingerprint density at radius 3 is 2.70 bits per heavy atom. The van der Waals surface area contributed by atoms with Gasteiger partial charge in [-0.05, 0) is 38.3 Å². The maximum absolute atomic E-state index is 6.25. The van der Waals surface area contributed by atoms with Gasteiger partial charge in [-0.25, -0.2) is 4.99 Å². The molecule has 0 aliphatic heterocycles.